The monoisotopic (exact) mass is 232 g/mol. The zero-order chi connectivity index (χ0) is 12.3. The average Bonchev–Trinajstić information content (AvgIpc) is 2.38. The quantitative estimate of drug-likeness (QED) is 0.864. The van der Waals surface area contributed by atoms with Gasteiger partial charge in [0.1, 0.15) is 0 Å². The van der Waals surface area contributed by atoms with E-state index in [1.165, 1.54) is 43.5 Å². The third-order valence-electron chi connectivity index (χ3n) is 3.84. The number of nitrogens with two attached hydrogens (primary N) is 1. The molecule has 1 aliphatic heterocycles. The van der Waals surface area contributed by atoms with E-state index in [1.807, 2.05) is 0 Å². The highest BCUT2D eigenvalue weighted by Crippen LogP contribution is 2.31. The number of nitrogens with zero attached hydrogens (tertiary/aromatic N) is 1. The SMILES string of the molecule is CCC1CCCCN1c1ccccc1[C@H](C)N. The molecule has 1 aromatic carbocycles. The molecule has 2 heteroatoms. The predicted molar refractivity (Wildman–Crippen MR) is 74.3 cm³/mol. The van der Waals surface area contributed by atoms with Gasteiger partial charge in [-0.3, -0.25) is 0 Å². The summed E-state index contributed by atoms with van der Waals surface area (Å²) in [6.07, 6.45) is 5.23. The molecule has 0 radical (unpaired) electrons. The van der Waals surface area contributed by atoms with Crippen LogP contribution in [0.3, 0.4) is 0 Å². The number of para-hydroxylation sites is 1. The molecule has 2 nitrogen and oxygen atoms in total. The van der Waals surface area contributed by atoms with Crippen LogP contribution in [0, 0.1) is 0 Å². The first-order chi connectivity index (χ1) is 8.24. The summed E-state index contributed by atoms with van der Waals surface area (Å²) in [6.45, 7) is 5.55. The number of rotatable bonds is 3. The lowest BCUT2D eigenvalue weighted by Crippen LogP contribution is -2.40. The van der Waals surface area contributed by atoms with Crippen LogP contribution in [0.2, 0.25) is 0 Å². The van der Waals surface area contributed by atoms with Crippen molar-refractivity contribution in [1.82, 2.24) is 0 Å². The molecule has 0 aliphatic carbocycles. The smallest absolute Gasteiger partial charge is 0.0417 e. The first-order valence-corrected chi connectivity index (χ1v) is 6.85. The van der Waals surface area contributed by atoms with E-state index in [2.05, 4.69) is 43.0 Å². The third kappa shape index (κ3) is 2.63. The van der Waals surface area contributed by atoms with Gasteiger partial charge in [0.15, 0.2) is 0 Å². The average molecular weight is 232 g/mol. The summed E-state index contributed by atoms with van der Waals surface area (Å²) >= 11 is 0. The molecule has 2 rings (SSSR count). The van der Waals surface area contributed by atoms with E-state index in [4.69, 9.17) is 5.73 Å². The zero-order valence-electron chi connectivity index (χ0n) is 11.0. The summed E-state index contributed by atoms with van der Waals surface area (Å²) in [5, 5.41) is 0. The number of benzene rings is 1. The van der Waals surface area contributed by atoms with Gasteiger partial charge in [-0.1, -0.05) is 25.1 Å². The van der Waals surface area contributed by atoms with Gasteiger partial charge in [-0.15, -0.1) is 0 Å². The number of hydrogen-bond donors (Lipinski definition) is 1. The Kier molecular flexibility index (Phi) is 4.06. The number of anilines is 1. The molecule has 1 aliphatic rings. The summed E-state index contributed by atoms with van der Waals surface area (Å²) < 4.78 is 0. The van der Waals surface area contributed by atoms with Gasteiger partial charge in [0.25, 0.3) is 0 Å². The molecule has 0 aromatic heterocycles. The van der Waals surface area contributed by atoms with Crippen LogP contribution in [0.15, 0.2) is 24.3 Å². The summed E-state index contributed by atoms with van der Waals surface area (Å²) in [5.74, 6) is 0. The van der Waals surface area contributed by atoms with Crippen LogP contribution < -0.4 is 10.6 Å². The highest BCUT2D eigenvalue weighted by molar-refractivity contribution is 5.55. The fraction of sp³-hybridized carbons (Fsp3) is 0.600. The van der Waals surface area contributed by atoms with Crippen molar-refractivity contribution in [3.05, 3.63) is 29.8 Å². The van der Waals surface area contributed by atoms with Crippen molar-refractivity contribution < 1.29 is 0 Å². The lowest BCUT2D eigenvalue weighted by molar-refractivity contribution is 0.448. The van der Waals surface area contributed by atoms with Crippen molar-refractivity contribution in [2.45, 2.75) is 51.6 Å². The molecule has 1 fully saturated rings. The largest absolute Gasteiger partial charge is 0.368 e. The Morgan fingerprint density at radius 3 is 2.82 bits per heavy atom. The first kappa shape index (κ1) is 12.4. The van der Waals surface area contributed by atoms with Crippen molar-refractivity contribution in [1.29, 1.82) is 0 Å². The van der Waals surface area contributed by atoms with Crippen LogP contribution in [-0.2, 0) is 0 Å². The minimum Gasteiger partial charge on any atom is -0.368 e. The maximum atomic E-state index is 6.08. The van der Waals surface area contributed by atoms with Gasteiger partial charge >= 0.3 is 0 Å². The van der Waals surface area contributed by atoms with Crippen molar-refractivity contribution in [3.63, 3.8) is 0 Å². The van der Waals surface area contributed by atoms with Gasteiger partial charge < -0.3 is 10.6 Å². The van der Waals surface area contributed by atoms with E-state index in [1.54, 1.807) is 0 Å². The van der Waals surface area contributed by atoms with Crippen molar-refractivity contribution in [3.8, 4) is 0 Å². The van der Waals surface area contributed by atoms with Crippen LogP contribution in [0.5, 0.6) is 0 Å². The van der Waals surface area contributed by atoms with E-state index >= 15 is 0 Å². The van der Waals surface area contributed by atoms with E-state index in [9.17, 15) is 0 Å². The molecule has 0 bridgehead atoms. The highest BCUT2D eigenvalue weighted by atomic mass is 15.2. The number of hydrogen-bond acceptors (Lipinski definition) is 2. The molecule has 17 heavy (non-hydrogen) atoms. The summed E-state index contributed by atoms with van der Waals surface area (Å²) in [6, 6.07) is 9.43. The third-order valence-corrected chi connectivity index (χ3v) is 3.84. The van der Waals surface area contributed by atoms with E-state index in [0.29, 0.717) is 6.04 Å². The molecule has 1 unspecified atom stereocenters. The van der Waals surface area contributed by atoms with Crippen LogP contribution in [0.4, 0.5) is 5.69 Å². The Bertz CT molecular complexity index is 360. The van der Waals surface area contributed by atoms with Gasteiger partial charge in [0.2, 0.25) is 0 Å². The molecule has 1 heterocycles. The molecule has 2 N–H and O–H groups in total. The van der Waals surface area contributed by atoms with E-state index in [0.717, 1.165) is 0 Å². The molecular weight excluding hydrogens is 208 g/mol. The summed E-state index contributed by atoms with van der Waals surface area (Å²) in [4.78, 5) is 2.57. The second kappa shape index (κ2) is 5.54. The normalized spacial score (nSPS) is 22.5. The molecule has 1 aromatic rings. The fourth-order valence-corrected chi connectivity index (χ4v) is 2.88. The predicted octanol–water partition coefficient (Wildman–Crippen LogP) is 3.48. The molecular formula is C15H24N2. The van der Waals surface area contributed by atoms with Crippen LogP contribution in [0.1, 0.15) is 51.1 Å². The second-order valence-electron chi connectivity index (χ2n) is 5.10. The maximum absolute atomic E-state index is 6.08. The lowest BCUT2D eigenvalue weighted by atomic mass is 9.96. The van der Waals surface area contributed by atoms with Crippen molar-refractivity contribution >= 4 is 5.69 Å². The lowest BCUT2D eigenvalue weighted by Gasteiger charge is -2.38. The minimum absolute atomic E-state index is 0.116. The van der Waals surface area contributed by atoms with Crippen LogP contribution in [-0.4, -0.2) is 12.6 Å². The highest BCUT2D eigenvalue weighted by Gasteiger charge is 2.23. The van der Waals surface area contributed by atoms with E-state index < -0.39 is 0 Å². The first-order valence-electron chi connectivity index (χ1n) is 6.85. The molecule has 1 saturated heterocycles. The summed E-state index contributed by atoms with van der Waals surface area (Å²) in [5.41, 5.74) is 8.72. The Balaban J connectivity index is 2.31. The minimum atomic E-state index is 0.116. The Morgan fingerprint density at radius 1 is 1.35 bits per heavy atom. The van der Waals surface area contributed by atoms with Gasteiger partial charge in [-0.05, 0) is 44.2 Å². The van der Waals surface area contributed by atoms with Crippen molar-refractivity contribution in [2.75, 3.05) is 11.4 Å². The van der Waals surface area contributed by atoms with Crippen molar-refractivity contribution in [2.24, 2.45) is 5.73 Å². The molecule has 2 atom stereocenters. The van der Waals surface area contributed by atoms with E-state index in [-0.39, 0.29) is 6.04 Å². The standard InChI is InChI=1S/C15H24N2/c1-3-13-8-6-7-11-17(13)15-10-5-4-9-14(15)12(2)16/h4-5,9-10,12-13H,3,6-8,11,16H2,1-2H3/t12-,13?/m0/s1. The second-order valence-corrected chi connectivity index (χ2v) is 5.10. The van der Waals surface area contributed by atoms with Gasteiger partial charge in [-0.25, -0.2) is 0 Å². The Hall–Kier alpha value is -1.02. The van der Waals surface area contributed by atoms with Gasteiger partial charge in [-0.2, -0.15) is 0 Å². The number of piperidine rings is 1. The van der Waals surface area contributed by atoms with Crippen LogP contribution >= 0.6 is 0 Å². The zero-order valence-corrected chi connectivity index (χ0v) is 11.0. The molecule has 0 saturated carbocycles. The fourth-order valence-electron chi connectivity index (χ4n) is 2.88. The summed E-state index contributed by atoms with van der Waals surface area (Å²) in [7, 11) is 0. The molecule has 94 valence electrons. The maximum Gasteiger partial charge on any atom is 0.0417 e. The topological polar surface area (TPSA) is 29.3 Å². The van der Waals surface area contributed by atoms with Gasteiger partial charge in [0, 0.05) is 24.3 Å². The Labute approximate surface area is 105 Å². The Morgan fingerprint density at radius 2 is 2.12 bits per heavy atom. The molecule has 0 spiro atoms. The van der Waals surface area contributed by atoms with Crippen LogP contribution in [0.25, 0.3) is 0 Å². The molecule has 0 amide bonds. The van der Waals surface area contributed by atoms with Gasteiger partial charge in [0.05, 0.1) is 0 Å².